The second kappa shape index (κ2) is 12.8. The van der Waals surface area contributed by atoms with E-state index in [1.54, 1.807) is 37.3 Å². The fourth-order valence-electron chi connectivity index (χ4n) is 3.15. The lowest BCUT2D eigenvalue weighted by molar-refractivity contribution is 0.353. The number of benzene rings is 1. The van der Waals surface area contributed by atoms with E-state index in [1.807, 2.05) is 31.0 Å². The molecule has 0 radical (unpaired) electrons. The Hall–Kier alpha value is -0.920. The molecule has 1 aromatic carbocycles. The van der Waals surface area contributed by atoms with Gasteiger partial charge in [-0.2, -0.15) is 11.8 Å². The zero-order chi connectivity index (χ0) is 21.4. The van der Waals surface area contributed by atoms with Gasteiger partial charge in [0.1, 0.15) is 0 Å². The predicted octanol–water partition coefficient (Wildman–Crippen LogP) is 2.02. The van der Waals surface area contributed by atoms with E-state index in [0.717, 1.165) is 22.6 Å². The molecule has 1 saturated heterocycles. The van der Waals surface area contributed by atoms with Crippen LogP contribution >= 0.6 is 35.7 Å². The van der Waals surface area contributed by atoms with E-state index in [-0.39, 0.29) is 29.7 Å². The lowest BCUT2D eigenvalue weighted by Crippen LogP contribution is -2.44. The molecule has 11 heteroatoms. The first-order chi connectivity index (χ1) is 13.8. The highest BCUT2D eigenvalue weighted by atomic mass is 127. The number of aliphatic imine (C=N–C) groups is 1. The van der Waals surface area contributed by atoms with E-state index < -0.39 is 10.0 Å². The normalized spacial score (nSPS) is 15.3. The Bertz CT molecular complexity index is 815. The van der Waals surface area contributed by atoms with Gasteiger partial charge < -0.3 is 19.7 Å². The summed E-state index contributed by atoms with van der Waals surface area (Å²) in [6, 6.07) is 3.90. The summed E-state index contributed by atoms with van der Waals surface area (Å²) >= 11 is 1.79. The molecule has 1 fully saturated rings. The van der Waals surface area contributed by atoms with Crippen LogP contribution in [0, 0.1) is 6.92 Å². The van der Waals surface area contributed by atoms with E-state index in [1.165, 1.54) is 0 Å². The molecule has 0 amide bonds. The maximum atomic E-state index is 12.5. The number of guanidine groups is 1. The summed E-state index contributed by atoms with van der Waals surface area (Å²) < 4.78 is 37.3. The lowest BCUT2D eigenvalue weighted by Gasteiger charge is -2.27. The molecule has 172 valence electrons. The third kappa shape index (κ3) is 7.34. The molecule has 1 aromatic rings. The molecular formula is C19H33IN4O4S2. The summed E-state index contributed by atoms with van der Waals surface area (Å²) in [5, 5.41) is 3.16. The number of aryl methyl sites for hydroxylation is 1. The third-order valence-electron chi connectivity index (χ3n) is 4.83. The van der Waals surface area contributed by atoms with Crippen molar-refractivity contribution in [2.45, 2.75) is 13.5 Å². The van der Waals surface area contributed by atoms with Crippen molar-refractivity contribution in [2.24, 2.45) is 4.99 Å². The number of nitrogens with zero attached hydrogens (tertiary/aromatic N) is 3. The minimum Gasteiger partial charge on any atom is -0.493 e. The number of thioether (sulfide) groups is 1. The van der Waals surface area contributed by atoms with Crippen LogP contribution in [-0.2, 0) is 16.6 Å². The Balaban J connectivity index is 0.00000450. The zero-order valence-corrected chi connectivity index (χ0v) is 22.3. The van der Waals surface area contributed by atoms with E-state index in [4.69, 9.17) is 9.47 Å². The highest BCUT2D eigenvalue weighted by Gasteiger charge is 2.24. The van der Waals surface area contributed by atoms with Gasteiger partial charge in [0.2, 0.25) is 10.0 Å². The average Bonchev–Trinajstić information content (AvgIpc) is 2.72. The standard InChI is InChI=1S/C19H32N4O4S2.HI/c1-15-12-17(26-4)18(27-5)13-16(15)14-22(3)19(20-2)21-6-11-29(24,25)23-7-9-28-10-8-23;/h12-13H,6-11,14H2,1-5H3,(H,20,21);1H. The maximum absolute atomic E-state index is 12.5. The van der Waals surface area contributed by atoms with Crippen molar-refractivity contribution in [2.75, 3.05) is 65.2 Å². The number of hydrogen-bond acceptors (Lipinski definition) is 6. The summed E-state index contributed by atoms with van der Waals surface area (Å²) in [4.78, 5) is 6.24. The summed E-state index contributed by atoms with van der Waals surface area (Å²) in [6.45, 7) is 4.13. The van der Waals surface area contributed by atoms with Crippen LogP contribution < -0.4 is 14.8 Å². The van der Waals surface area contributed by atoms with Crippen molar-refractivity contribution in [3.05, 3.63) is 23.3 Å². The number of sulfonamides is 1. The van der Waals surface area contributed by atoms with Gasteiger partial charge in [-0.15, -0.1) is 24.0 Å². The molecule has 0 bridgehead atoms. The smallest absolute Gasteiger partial charge is 0.215 e. The molecule has 0 aromatic heterocycles. The first-order valence-electron chi connectivity index (χ1n) is 9.51. The summed E-state index contributed by atoms with van der Waals surface area (Å²) in [5.41, 5.74) is 2.15. The van der Waals surface area contributed by atoms with Crippen LogP contribution in [-0.4, -0.2) is 88.8 Å². The third-order valence-corrected chi connectivity index (χ3v) is 7.64. The maximum Gasteiger partial charge on any atom is 0.215 e. The molecule has 1 N–H and O–H groups in total. The van der Waals surface area contributed by atoms with Gasteiger partial charge in [-0.25, -0.2) is 12.7 Å². The van der Waals surface area contributed by atoms with E-state index in [0.29, 0.717) is 43.6 Å². The molecule has 0 atom stereocenters. The first kappa shape index (κ1) is 27.1. The topological polar surface area (TPSA) is 83.5 Å². The quantitative estimate of drug-likeness (QED) is 0.290. The largest absolute Gasteiger partial charge is 0.493 e. The van der Waals surface area contributed by atoms with Crippen LogP contribution in [0.25, 0.3) is 0 Å². The molecule has 30 heavy (non-hydrogen) atoms. The van der Waals surface area contributed by atoms with Crippen LogP contribution in [0.15, 0.2) is 17.1 Å². The van der Waals surface area contributed by atoms with Crippen molar-refractivity contribution in [3.8, 4) is 11.5 Å². The van der Waals surface area contributed by atoms with Crippen LogP contribution in [0.3, 0.4) is 0 Å². The second-order valence-corrected chi connectivity index (χ2v) is 10.1. The van der Waals surface area contributed by atoms with Crippen molar-refractivity contribution < 1.29 is 17.9 Å². The lowest BCUT2D eigenvalue weighted by atomic mass is 10.1. The molecule has 1 aliphatic heterocycles. The fraction of sp³-hybridized carbons (Fsp3) is 0.632. The van der Waals surface area contributed by atoms with Gasteiger partial charge in [0.25, 0.3) is 0 Å². The number of ether oxygens (including phenoxy) is 2. The van der Waals surface area contributed by atoms with Crippen LogP contribution in [0.5, 0.6) is 11.5 Å². The molecule has 1 heterocycles. The van der Waals surface area contributed by atoms with Crippen LogP contribution in [0.2, 0.25) is 0 Å². The summed E-state index contributed by atoms with van der Waals surface area (Å²) in [5.74, 6) is 3.79. The molecule has 2 rings (SSSR count). The monoisotopic (exact) mass is 572 g/mol. The van der Waals surface area contributed by atoms with Gasteiger partial charge in [-0.3, -0.25) is 4.99 Å². The van der Waals surface area contributed by atoms with E-state index in [2.05, 4.69) is 10.3 Å². The average molecular weight is 573 g/mol. The van der Waals surface area contributed by atoms with E-state index in [9.17, 15) is 8.42 Å². The van der Waals surface area contributed by atoms with Gasteiger partial charge in [0, 0.05) is 51.8 Å². The van der Waals surface area contributed by atoms with Crippen LogP contribution in [0.1, 0.15) is 11.1 Å². The molecule has 0 aliphatic carbocycles. The Morgan fingerprint density at radius 1 is 1.23 bits per heavy atom. The fourth-order valence-corrected chi connectivity index (χ4v) is 5.65. The minimum atomic E-state index is -3.24. The SMILES string of the molecule is CN=C(NCCS(=O)(=O)N1CCSCC1)N(C)Cc1cc(OC)c(OC)cc1C.I. The summed E-state index contributed by atoms with van der Waals surface area (Å²) in [7, 11) is 3.60. The Labute approximate surface area is 201 Å². The molecule has 8 nitrogen and oxygen atoms in total. The molecule has 0 saturated carbocycles. The summed E-state index contributed by atoms with van der Waals surface area (Å²) in [6.07, 6.45) is 0. The molecule has 0 unspecified atom stereocenters. The number of rotatable bonds is 8. The van der Waals surface area contributed by atoms with Gasteiger partial charge in [0.05, 0.1) is 20.0 Å². The van der Waals surface area contributed by atoms with Gasteiger partial charge in [0.15, 0.2) is 17.5 Å². The number of hydrogen-bond donors (Lipinski definition) is 1. The van der Waals surface area contributed by atoms with Gasteiger partial charge in [-0.05, 0) is 30.2 Å². The van der Waals surface area contributed by atoms with E-state index >= 15 is 0 Å². The number of nitrogens with one attached hydrogen (secondary N) is 1. The van der Waals surface area contributed by atoms with Gasteiger partial charge >= 0.3 is 0 Å². The number of methoxy groups -OCH3 is 2. The Kier molecular flexibility index (Phi) is 11.6. The molecule has 1 aliphatic rings. The first-order valence-corrected chi connectivity index (χ1v) is 12.3. The highest BCUT2D eigenvalue weighted by Crippen LogP contribution is 2.30. The van der Waals surface area contributed by atoms with Crippen LogP contribution in [0.4, 0.5) is 0 Å². The minimum absolute atomic E-state index is 0. The van der Waals surface area contributed by atoms with Crippen molar-refractivity contribution in [1.29, 1.82) is 0 Å². The van der Waals surface area contributed by atoms with Crippen molar-refractivity contribution >= 4 is 51.7 Å². The zero-order valence-electron chi connectivity index (χ0n) is 18.3. The number of halogens is 1. The highest BCUT2D eigenvalue weighted by molar-refractivity contribution is 14.0. The van der Waals surface area contributed by atoms with Gasteiger partial charge in [-0.1, -0.05) is 0 Å². The van der Waals surface area contributed by atoms with Crippen molar-refractivity contribution in [1.82, 2.24) is 14.5 Å². The molecular weight excluding hydrogens is 539 g/mol. The Morgan fingerprint density at radius 3 is 2.40 bits per heavy atom. The van der Waals surface area contributed by atoms with Crippen molar-refractivity contribution in [3.63, 3.8) is 0 Å². The second-order valence-electron chi connectivity index (χ2n) is 6.79. The molecule has 0 spiro atoms. The predicted molar refractivity (Wildman–Crippen MR) is 135 cm³/mol. The Morgan fingerprint density at radius 2 is 1.83 bits per heavy atom.